The molecule has 0 bridgehead atoms. The van der Waals surface area contributed by atoms with Gasteiger partial charge in [0, 0.05) is 37.6 Å². The van der Waals surface area contributed by atoms with Crippen molar-refractivity contribution in [1.82, 2.24) is 10.3 Å². The third kappa shape index (κ3) is 3.55. The molecule has 102 valence electrons. The van der Waals surface area contributed by atoms with E-state index in [1.165, 1.54) is 11.3 Å². The zero-order valence-electron chi connectivity index (χ0n) is 12.0. The SMILES string of the molecule is CNC(Cc1csc(C)n1)c1cccc(N(C)C)c1. The maximum absolute atomic E-state index is 4.55. The molecule has 1 aromatic carbocycles. The lowest BCUT2D eigenvalue weighted by molar-refractivity contribution is 0.585. The van der Waals surface area contributed by atoms with E-state index in [4.69, 9.17) is 0 Å². The molecular weight excluding hydrogens is 254 g/mol. The van der Waals surface area contributed by atoms with E-state index in [2.05, 4.69) is 65.9 Å². The van der Waals surface area contributed by atoms with Crippen LogP contribution in [-0.2, 0) is 6.42 Å². The Kier molecular flexibility index (Phi) is 4.56. The predicted octanol–water partition coefficient (Wildman–Crippen LogP) is 3.02. The molecule has 2 aromatic rings. The van der Waals surface area contributed by atoms with Crippen molar-refractivity contribution in [3.05, 3.63) is 45.9 Å². The van der Waals surface area contributed by atoms with Crippen LogP contribution in [0.4, 0.5) is 5.69 Å². The van der Waals surface area contributed by atoms with E-state index in [9.17, 15) is 0 Å². The lowest BCUT2D eigenvalue weighted by Crippen LogP contribution is -2.19. The number of aromatic nitrogens is 1. The number of anilines is 1. The van der Waals surface area contributed by atoms with Gasteiger partial charge in [0.2, 0.25) is 0 Å². The minimum atomic E-state index is 0.307. The van der Waals surface area contributed by atoms with E-state index >= 15 is 0 Å². The van der Waals surface area contributed by atoms with Crippen LogP contribution in [0.3, 0.4) is 0 Å². The highest BCUT2D eigenvalue weighted by molar-refractivity contribution is 7.09. The smallest absolute Gasteiger partial charge is 0.0897 e. The Labute approximate surface area is 119 Å². The molecule has 0 aliphatic carbocycles. The first kappa shape index (κ1) is 14.0. The second kappa shape index (κ2) is 6.17. The van der Waals surface area contributed by atoms with Crippen LogP contribution in [0.15, 0.2) is 29.6 Å². The van der Waals surface area contributed by atoms with Crippen LogP contribution in [0.5, 0.6) is 0 Å². The van der Waals surface area contributed by atoms with Crippen LogP contribution in [0.2, 0.25) is 0 Å². The summed E-state index contributed by atoms with van der Waals surface area (Å²) in [5, 5.41) is 6.67. The average molecular weight is 275 g/mol. The quantitative estimate of drug-likeness (QED) is 0.909. The first-order valence-corrected chi connectivity index (χ1v) is 7.33. The maximum Gasteiger partial charge on any atom is 0.0897 e. The number of nitrogens with zero attached hydrogens (tertiary/aromatic N) is 2. The third-order valence-corrected chi connectivity index (χ3v) is 4.04. The van der Waals surface area contributed by atoms with Crippen molar-refractivity contribution in [2.45, 2.75) is 19.4 Å². The molecule has 0 aliphatic rings. The summed E-state index contributed by atoms with van der Waals surface area (Å²) in [6.45, 7) is 2.05. The molecule has 3 nitrogen and oxygen atoms in total. The van der Waals surface area contributed by atoms with Crippen LogP contribution >= 0.6 is 11.3 Å². The largest absolute Gasteiger partial charge is 0.378 e. The molecule has 1 aromatic heterocycles. The normalized spacial score (nSPS) is 12.4. The van der Waals surface area contributed by atoms with Crippen molar-refractivity contribution < 1.29 is 0 Å². The van der Waals surface area contributed by atoms with E-state index in [-0.39, 0.29) is 0 Å². The molecule has 0 aliphatic heterocycles. The number of rotatable bonds is 5. The predicted molar refractivity (Wildman–Crippen MR) is 83.1 cm³/mol. The van der Waals surface area contributed by atoms with Crippen LogP contribution in [0.1, 0.15) is 22.3 Å². The summed E-state index contributed by atoms with van der Waals surface area (Å²) in [6, 6.07) is 8.96. The van der Waals surface area contributed by atoms with Gasteiger partial charge in [-0.05, 0) is 31.7 Å². The van der Waals surface area contributed by atoms with Crippen molar-refractivity contribution in [1.29, 1.82) is 0 Å². The topological polar surface area (TPSA) is 28.2 Å². The van der Waals surface area contributed by atoms with Gasteiger partial charge in [-0.1, -0.05) is 12.1 Å². The zero-order valence-corrected chi connectivity index (χ0v) is 12.8. The van der Waals surface area contributed by atoms with Gasteiger partial charge in [-0.2, -0.15) is 0 Å². The summed E-state index contributed by atoms with van der Waals surface area (Å²) in [5.74, 6) is 0. The number of hydrogen-bond acceptors (Lipinski definition) is 4. The minimum absolute atomic E-state index is 0.307. The van der Waals surface area contributed by atoms with E-state index in [0.29, 0.717) is 6.04 Å². The number of thiazole rings is 1. The Morgan fingerprint density at radius 2 is 2.16 bits per heavy atom. The van der Waals surface area contributed by atoms with Crippen molar-refractivity contribution >= 4 is 17.0 Å². The first-order valence-electron chi connectivity index (χ1n) is 6.45. The molecular formula is C15H21N3S. The third-order valence-electron chi connectivity index (χ3n) is 3.22. The number of likely N-dealkylation sites (N-methyl/N-ethyl adjacent to an activating group) is 1. The molecule has 1 unspecified atom stereocenters. The van der Waals surface area contributed by atoms with E-state index in [1.807, 2.05) is 7.05 Å². The maximum atomic E-state index is 4.55. The average Bonchev–Trinajstić information content (AvgIpc) is 2.81. The van der Waals surface area contributed by atoms with Crippen LogP contribution in [0.25, 0.3) is 0 Å². The van der Waals surface area contributed by atoms with Gasteiger partial charge in [0.1, 0.15) is 0 Å². The number of hydrogen-bond donors (Lipinski definition) is 1. The molecule has 0 saturated carbocycles. The highest BCUT2D eigenvalue weighted by Crippen LogP contribution is 2.23. The number of aryl methyl sites for hydroxylation is 1. The van der Waals surface area contributed by atoms with Crippen LogP contribution in [0, 0.1) is 6.92 Å². The molecule has 19 heavy (non-hydrogen) atoms. The van der Waals surface area contributed by atoms with Gasteiger partial charge in [-0.3, -0.25) is 0 Å². The fraction of sp³-hybridized carbons (Fsp3) is 0.400. The molecule has 1 atom stereocenters. The van der Waals surface area contributed by atoms with Gasteiger partial charge in [0.15, 0.2) is 0 Å². The van der Waals surface area contributed by atoms with Crippen molar-refractivity contribution in [2.75, 3.05) is 26.0 Å². The Balaban J connectivity index is 2.19. The van der Waals surface area contributed by atoms with Gasteiger partial charge < -0.3 is 10.2 Å². The number of nitrogens with one attached hydrogen (secondary N) is 1. The monoisotopic (exact) mass is 275 g/mol. The lowest BCUT2D eigenvalue weighted by Gasteiger charge is -2.19. The molecule has 2 rings (SSSR count). The summed E-state index contributed by atoms with van der Waals surface area (Å²) < 4.78 is 0. The second-order valence-corrected chi connectivity index (χ2v) is 5.95. The fourth-order valence-electron chi connectivity index (χ4n) is 2.12. The molecule has 0 fully saturated rings. The van der Waals surface area contributed by atoms with E-state index in [1.54, 1.807) is 11.3 Å². The first-order chi connectivity index (χ1) is 9.10. The summed E-state index contributed by atoms with van der Waals surface area (Å²) in [7, 11) is 6.14. The Morgan fingerprint density at radius 3 is 2.74 bits per heavy atom. The van der Waals surface area contributed by atoms with Gasteiger partial charge in [-0.25, -0.2) is 4.98 Å². The molecule has 0 amide bonds. The molecule has 1 heterocycles. The Hall–Kier alpha value is -1.39. The summed E-state index contributed by atoms with van der Waals surface area (Å²) in [4.78, 5) is 6.68. The van der Waals surface area contributed by atoms with Crippen molar-refractivity contribution in [3.8, 4) is 0 Å². The lowest BCUT2D eigenvalue weighted by atomic mass is 10.0. The number of benzene rings is 1. The van der Waals surface area contributed by atoms with Gasteiger partial charge in [0.05, 0.1) is 10.7 Å². The van der Waals surface area contributed by atoms with Gasteiger partial charge in [0.25, 0.3) is 0 Å². The summed E-state index contributed by atoms with van der Waals surface area (Å²) >= 11 is 1.71. The molecule has 1 N–H and O–H groups in total. The zero-order chi connectivity index (χ0) is 13.8. The van der Waals surface area contributed by atoms with Crippen molar-refractivity contribution in [3.63, 3.8) is 0 Å². The van der Waals surface area contributed by atoms with Crippen molar-refractivity contribution in [2.24, 2.45) is 0 Å². The molecule has 0 spiro atoms. The minimum Gasteiger partial charge on any atom is -0.378 e. The summed E-state index contributed by atoms with van der Waals surface area (Å²) in [5.41, 5.74) is 3.70. The summed E-state index contributed by atoms with van der Waals surface area (Å²) in [6.07, 6.45) is 0.928. The van der Waals surface area contributed by atoms with Crippen LogP contribution in [-0.4, -0.2) is 26.1 Å². The standard InChI is InChI=1S/C15H21N3S/c1-11-17-13(10-19-11)9-15(16-2)12-6-5-7-14(8-12)18(3)4/h5-8,10,15-16H,9H2,1-4H3. The van der Waals surface area contributed by atoms with Gasteiger partial charge in [-0.15, -0.1) is 11.3 Å². The van der Waals surface area contributed by atoms with E-state index < -0.39 is 0 Å². The molecule has 0 saturated heterocycles. The van der Waals surface area contributed by atoms with Crippen LogP contribution < -0.4 is 10.2 Å². The highest BCUT2D eigenvalue weighted by Gasteiger charge is 2.12. The molecule has 0 radical (unpaired) electrons. The molecule has 4 heteroatoms. The Morgan fingerprint density at radius 1 is 1.37 bits per heavy atom. The fourth-order valence-corrected chi connectivity index (χ4v) is 2.74. The highest BCUT2D eigenvalue weighted by atomic mass is 32.1. The second-order valence-electron chi connectivity index (χ2n) is 4.89. The van der Waals surface area contributed by atoms with E-state index in [0.717, 1.165) is 17.1 Å². The van der Waals surface area contributed by atoms with Gasteiger partial charge >= 0.3 is 0 Å². The Bertz CT molecular complexity index is 534.